The van der Waals surface area contributed by atoms with Crippen LogP contribution in [0.1, 0.15) is 35.8 Å². The zero-order valence-corrected chi connectivity index (χ0v) is 18.9. The largest absolute Gasteiger partial charge is 0.462 e. The highest BCUT2D eigenvalue weighted by Crippen LogP contribution is 2.44. The summed E-state index contributed by atoms with van der Waals surface area (Å²) in [5.74, 6) is -0.808. The van der Waals surface area contributed by atoms with Gasteiger partial charge >= 0.3 is 13.5 Å². The quantitative estimate of drug-likeness (QED) is 0.309. The molecule has 0 spiro atoms. The molecule has 3 N–H and O–H groups in total. The van der Waals surface area contributed by atoms with E-state index in [1.165, 1.54) is 19.6 Å². The van der Waals surface area contributed by atoms with Gasteiger partial charge in [-0.2, -0.15) is 0 Å². The number of nitrogens with zero attached hydrogens (tertiary/aromatic N) is 4. The Labute approximate surface area is 200 Å². The number of esters is 1. The van der Waals surface area contributed by atoms with E-state index in [0.717, 1.165) is 0 Å². The number of hydrogen-bond donors (Lipinski definition) is 2. The van der Waals surface area contributed by atoms with E-state index in [1.807, 2.05) is 0 Å². The number of anilines is 1. The average molecular weight is 483 g/mol. The van der Waals surface area contributed by atoms with Gasteiger partial charge in [0, 0.05) is 8.22 Å². The Balaban J connectivity index is 1.73. The summed E-state index contributed by atoms with van der Waals surface area (Å²) in [7, 11) is -4.00. The summed E-state index contributed by atoms with van der Waals surface area (Å²) >= 11 is 0. The van der Waals surface area contributed by atoms with E-state index >= 15 is 0 Å². The monoisotopic (exact) mass is 482 g/mol. The predicted octanol–water partition coefficient (Wildman–Crippen LogP) is 2.97. The van der Waals surface area contributed by atoms with Gasteiger partial charge in [0.2, 0.25) is 0 Å². The van der Waals surface area contributed by atoms with Gasteiger partial charge in [-0.1, -0.05) is 18.2 Å². The highest BCUT2D eigenvalue weighted by molar-refractivity contribution is 7.57. The number of hydrogen-bond acceptors (Lipinski definition) is 9. The minimum Gasteiger partial charge on any atom is -0.462 e. The molecule has 0 aliphatic heterocycles. The maximum Gasteiger partial charge on any atom is 0.342 e. The third-order valence-corrected chi connectivity index (χ3v) is 6.16. The molecule has 11 nitrogen and oxygen atoms in total. The van der Waals surface area contributed by atoms with E-state index in [9.17, 15) is 9.36 Å². The van der Waals surface area contributed by atoms with E-state index in [0.29, 0.717) is 11.2 Å². The van der Waals surface area contributed by atoms with Crippen molar-refractivity contribution in [2.24, 2.45) is 0 Å². The number of ether oxygens (including phenoxy) is 2. The van der Waals surface area contributed by atoms with Crippen LogP contribution in [0.15, 0.2) is 43.0 Å². The number of imidazole rings is 1. The fourth-order valence-electron chi connectivity index (χ4n) is 2.90. The summed E-state index contributed by atoms with van der Waals surface area (Å²) in [6.07, 6.45) is -0.609. The van der Waals surface area contributed by atoms with Gasteiger partial charge in [0.25, 0.3) is 0 Å². The molecule has 0 aliphatic rings. The van der Waals surface area contributed by atoms with Crippen molar-refractivity contribution in [2.45, 2.75) is 52.3 Å². The van der Waals surface area contributed by atoms with Crippen molar-refractivity contribution in [1.82, 2.24) is 24.6 Å². The first-order valence-electron chi connectivity index (χ1n) is 12.9. The average Bonchev–Trinajstić information content (AvgIpc) is 3.24. The Bertz CT molecular complexity index is 1310. The van der Waals surface area contributed by atoms with Crippen molar-refractivity contribution in [3.05, 3.63) is 43.0 Å². The standard InChI is InChI=1S/C21H29N6O5P/c1-14(2)31-21(28)16(4)26-33(29,32-17-8-6-5-7-9-17)13-30-15(3)10-27-12-25-18-19(22)23-11-24-20(18)27/h5-9,11-12,14-16H,10,13H2,1-4H3,(H,26,29)(H2,22,23,24)/t15-,16+,33-/m1/s1/i1D3,2D3. The number of nitrogen functional groups attached to an aromatic ring is 1. The van der Waals surface area contributed by atoms with Crippen LogP contribution in [0.4, 0.5) is 5.82 Å². The van der Waals surface area contributed by atoms with Gasteiger partial charge in [-0.25, -0.2) is 20.0 Å². The fourth-order valence-corrected chi connectivity index (χ4v) is 4.68. The van der Waals surface area contributed by atoms with Gasteiger partial charge in [-0.05, 0) is 39.7 Å². The molecule has 3 rings (SSSR count). The summed E-state index contributed by atoms with van der Waals surface area (Å²) in [6.45, 7) is -3.01. The highest BCUT2D eigenvalue weighted by Gasteiger charge is 2.32. The van der Waals surface area contributed by atoms with Gasteiger partial charge in [0.05, 0.1) is 25.1 Å². The third kappa shape index (κ3) is 6.74. The van der Waals surface area contributed by atoms with Crippen LogP contribution in [0.3, 0.4) is 0 Å². The first kappa shape index (κ1) is 17.5. The summed E-state index contributed by atoms with van der Waals surface area (Å²) in [5.41, 5.74) is 6.72. The van der Waals surface area contributed by atoms with Crippen molar-refractivity contribution in [1.29, 1.82) is 0 Å². The summed E-state index contributed by atoms with van der Waals surface area (Å²) in [6, 6.07) is 6.69. The van der Waals surface area contributed by atoms with E-state index in [-0.39, 0.29) is 18.1 Å². The number of nitrogens with two attached hydrogens (primary N) is 1. The topological polar surface area (TPSA) is 143 Å². The van der Waals surface area contributed by atoms with Crippen LogP contribution in [0.5, 0.6) is 5.75 Å². The van der Waals surface area contributed by atoms with Crippen molar-refractivity contribution in [3.63, 3.8) is 0 Å². The Morgan fingerprint density at radius 3 is 2.73 bits per heavy atom. The van der Waals surface area contributed by atoms with E-state index in [2.05, 4.69) is 20.0 Å². The Morgan fingerprint density at radius 1 is 1.24 bits per heavy atom. The normalized spacial score (nSPS) is 18.6. The zero-order valence-electron chi connectivity index (χ0n) is 24.0. The van der Waals surface area contributed by atoms with Crippen LogP contribution in [-0.2, 0) is 25.4 Å². The molecule has 0 saturated carbocycles. The number of aromatic nitrogens is 4. The van der Waals surface area contributed by atoms with E-state index in [4.69, 9.17) is 28.0 Å². The van der Waals surface area contributed by atoms with Crippen LogP contribution in [-0.4, -0.2) is 50.1 Å². The van der Waals surface area contributed by atoms with Gasteiger partial charge < -0.3 is 24.3 Å². The van der Waals surface area contributed by atoms with Crippen molar-refractivity contribution >= 4 is 30.5 Å². The molecule has 3 aromatic rings. The molecular weight excluding hydrogens is 447 g/mol. The fraction of sp³-hybridized carbons (Fsp3) is 0.429. The minimum absolute atomic E-state index is 0.209. The maximum atomic E-state index is 13.8. The molecule has 0 fully saturated rings. The molecule has 0 unspecified atom stereocenters. The molecule has 2 heterocycles. The summed E-state index contributed by atoms with van der Waals surface area (Å²) in [5, 5.41) is 2.51. The second kappa shape index (κ2) is 10.7. The lowest BCUT2D eigenvalue weighted by molar-refractivity contribution is -0.149. The number of benzene rings is 1. The zero-order chi connectivity index (χ0) is 29.0. The molecule has 33 heavy (non-hydrogen) atoms. The Hall–Kier alpha value is -3.01. The number of carbonyl (C=O) groups excluding carboxylic acids is 1. The molecule has 0 amide bonds. The molecule has 12 heteroatoms. The van der Waals surface area contributed by atoms with Crippen molar-refractivity contribution in [3.8, 4) is 5.75 Å². The van der Waals surface area contributed by atoms with E-state index in [1.54, 1.807) is 41.8 Å². The predicted molar refractivity (Wildman–Crippen MR) is 124 cm³/mol. The molecule has 3 atom stereocenters. The second-order valence-corrected chi connectivity index (χ2v) is 9.23. The van der Waals surface area contributed by atoms with Gasteiger partial charge in [0.15, 0.2) is 11.5 Å². The first-order valence-corrected chi connectivity index (χ1v) is 11.7. The molecule has 0 radical (unpaired) electrons. The number of nitrogens with one attached hydrogen (secondary N) is 1. The number of fused-ring (bicyclic) bond motifs is 1. The molecule has 0 saturated heterocycles. The van der Waals surface area contributed by atoms with Crippen molar-refractivity contribution in [2.75, 3.05) is 12.1 Å². The Morgan fingerprint density at radius 2 is 2.00 bits per heavy atom. The molecule has 178 valence electrons. The summed E-state index contributed by atoms with van der Waals surface area (Å²) in [4.78, 5) is 24.9. The van der Waals surface area contributed by atoms with Crippen LogP contribution in [0.25, 0.3) is 11.2 Å². The SMILES string of the molecule is [2H]C([2H])([2H])C(OC(=O)[C@H](C)N[P@@](=O)(CO[C@H](C)Cn1cnc2c(N)ncnc21)Oc1ccccc1)C([2H])([2H])[2H]. The van der Waals surface area contributed by atoms with Crippen LogP contribution < -0.4 is 15.3 Å². The highest BCUT2D eigenvalue weighted by atomic mass is 31.2. The molecule has 0 bridgehead atoms. The smallest absolute Gasteiger partial charge is 0.342 e. The lowest BCUT2D eigenvalue weighted by Crippen LogP contribution is -2.37. The lowest BCUT2D eigenvalue weighted by atomic mass is 10.3. The van der Waals surface area contributed by atoms with Gasteiger partial charge in [-0.3, -0.25) is 9.36 Å². The second-order valence-electron chi connectivity index (χ2n) is 7.18. The molecular formula is C21H29N6O5P. The molecule has 2 aromatic heterocycles. The van der Waals surface area contributed by atoms with Crippen molar-refractivity contribution < 1.29 is 31.6 Å². The Kier molecular flexibility index (Phi) is 5.68. The minimum atomic E-state index is -4.00. The molecule has 1 aromatic carbocycles. The third-order valence-electron chi connectivity index (χ3n) is 4.39. The molecule has 0 aliphatic carbocycles. The summed E-state index contributed by atoms with van der Waals surface area (Å²) < 4.78 is 76.3. The van der Waals surface area contributed by atoms with Crippen LogP contribution >= 0.6 is 7.52 Å². The van der Waals surface area contributed by atoms with Crippen LogP contribution in [0.2, 0.25) is 0 Å². The number of para-hydroxylation sites is 1. The van der Waals surface area contributed by atoms with E-state index < -0.39 is 51.8 Å². The number of rotatable bonds is 11. The first-order chi connectivity index (χ1) is 18.1. The van der Waals surface area contributed by atoms with Crippen LogP contribution in [0, 0.1) is 0 Å². The lowest BCUT2D eigenvalue weighted by Gasteiger charge is -2.25. The van der Waals surface area contributed by atoms with Gasteiger partial charge in [0.1, 0.15) is 30.0 Å². The maximum absolute atomic E-state index is 13.8. The number of carbonyl (C=O) groups is 1. The van der Waals surface area contributed by atoms with Gasteiger partial charge in [-0.15, -0.1) is 0 Å².